The van der Waals surface area contributed by atoms with Crippen molar-refractivity contribution in [3.8, 4) is 0 Å². The summed E-state index contributed by atoms with van der Waals surface area (Å²) in [7, 11) is 2.12. The fourth-order valence-corrected chi connectivity index (χ4v) is 3.42. The smallest absolute Gasteiger partial charge is 0.205 e. The average Bonchev–Trinajstić information content (AvgIpc) is 2.79. The number of aryl methyl sites for hydroxylation is 1. The van der Waals surface area contributed by atoms with Crippen molar-refractivity contribution in [2.24, 2.45) is 5.41 Å². The van der Waals surface area contributed by atoms with Crippen LogP contribution in [-0.4, -0.2) is 35.2 Å². The predicted molar refractivity (Wildman–Crippen MR) is 79.9 cm³/mol. The van der Waals surface area contributed by atoms with Gasteiger partial charge in [0.25, 0.3) is 0 Å². The van der Waals surface area contributed by atoms with Crippen molar-refractivity contribution in [3.05, 3.63) is 5.82 Å². The molecule has 108 valence electrons. The van der Waals surface area contributed by atoms with Crippen LogP contribution in [0.1, 0.15) is 45.9 Å². The Morgan fingerprint density at radius 3 is 2.74 bits per heavy atom. The van der Waals surface area contributed by atoms with Gasteiger partial charge in [-0.1, -0.05) is 27.2 Å². The Kier molecular flexibility index (Phi) is 4.46. The summed E-state index contributed by atoms with van der Waals surface area (Å²) in [4.78, 5) is 6.74. The fraction of sp³-hybridized carbons (Fsp3) is 0.857. The lowest BCUT2D eigenvalue weighted by Crippen LogP contribution is -2.61. The topological polar surface area (TPSA) is 38.2 Å². The van der Waals surface area contributed by atoms with Gasteiger partial charge >= 0.3 is 0 Å². The first-order valence-electron chi connectivity index (χ1n) is 7.11. The molecule has 0 bridgehead atoms. The van der Waals surface area contributed by atoms with E-state index in [-0.39, 0.29) is 5.41 Å². The quantitative estimate of drug-likeness (QED) is 0.751. The molecule has 1 aliphatic rings. The monoisotopic (exact) mass is 283 g/mol. The van der Waals surface area contributed by atoms with Crippen molar-refractivity contribution < 1.29 is 4.74 Å². The lowest BCUT2D eigenvalue weighted by atomic mass is 9.64. The summed E-state index contributed by atoms with van der Waals surface area (Å²) in [5.74, 6) is 0.861. The normalized spacial score (nSPS) is 25.1. The molecule has 2 atom stereocenters. The van der Waals surface area contributed by atoms with Gasteiger partial charge in [0.1, 0.15) is 5.82 Å². The number of hydrogen-bond acceptors (Lipinski definition) is 5. The minimum Gasteiger partial charge on any atom is -0.378 e. The minimum absolute atomic E-state index is 0.183. The van der Waals surface area contributed by atoms with E-state index in [9.17, 15) is 0 Å². The van der Waals surface area contributed by atoms with Crippen LogP contribution in [0.3, 0.4) is 0 Å². The van der Waals surface area contributed by atoms with Gasteiger partial charge in [-0.3, -0.25) is 0 Å². The van der Waals surface area contributed by atoms with Crippen molar-refractivity contribution in [3.63, 3.8) is 0 Å². The number of hydrogen-bond donors (Lipinski definition) is 0. The van der Waals surface area contributed by atoms with Gasteiger partial charge in [0.2, 0.25) is 5.13 Å². The van der Waals surface area contributed by atoms with E-state index < -0.39 is 0 Å². The van der Waals surface area contributed by atoms with Crippen molar-refractivity contribution in [2.75, 3.05) is 18.6 Å². The minimum atomic E-state index is 0.183. The molecule has 1 saturated carbocycles. The van der Waals surface area contributed by atoms with Crippen LogP contribution in [0.2, 0.25) is 0 Å². The molecule has 1 heterocycles. The van der Waals surface area contributed by atoms with E-state index in [0.29, 0.717) is 12.1 Å². The Hall–Kier alpha value is -0.680. The average molecular weight is 283 g/mol. The maximum Gasteiger partial charge on any atom is 0.205 e. The Labute approximate surface area is 120 Å². The third kappa shape index (κ3) is 2.92. The molecule has 0 aliphatic heterocycles. The van der Waals surface area contributed by atoms with E-state index in [4.69, 9.17) is 4.74 Å². The summed E-state index contributed by atoms with van der Waals surface area (Å²) < 4.78 is 10.3. The summed E-state index contributed by atoms with van der Waals surface area (Å²) in [6, 6.07) is 0.492. The highest BCUT2D eigenvalue weighted by Crippen LogP contribution is 2.46. The van der Waals surface area contributed by atoms with E-state index >= 15 is 0 Å². The molecule has 1 aliphatic carbocycles. The number of anilines is 1. The molecular formula is C14H25N3OS. The summed E-state index contributed by atoms with van der Waals surface area (Å²) >= 11 is 1.48. The maximum atomic E-state index is 6.00. The van der Waals surface area contributed by atoms with Crippen LogP contribution >= 0.6 is 11.5 Å². The van der Waals surface area contributed by atoms with E-state index in [2.05, 4.69) is 42.1 Å². The lowest BCUT2D eigenvalue weighted by Gasteiger charge is -2.54. The second-order valence-corrected chi connectivity index (χ2v) is 6.75. The maximum absolute atomic E-state index is 6.00. The molecular weight excluding hydrogens is 258 g/mol. The van der Waals surface area contributed by atoms with E-state index in [1.807, 2.05) is 6.92 Å². The van der Waals surface area contributed by atoms with Crippen LogP contribution in [-0.2, 0) is 4.74 Å². The number of unbranched alkanes of at least 4 members (excludes halogenated alkanes) is 1. The van der Waals surface area contributed by atoms with Gasteiger partial charge in [0.15, 0.2) is 0 Å². The van der Waals surface area contributed by atoms with Crippen molar-refractivity contribution >= 4 is 16.7 Å². The zero-order valence-corrected chi connectivity index (χ0v) is 13.5. The summed E-state index contributed by atoms with van der Waals surface area (Å²) in [6.07, 6.45) is 3.82. The van der Waals surface area contributed by atoms with Gasteiger partial charge in [0, 0.05) is 36.6 Å². The third-order valence-electron chi connectivity index (χ3n) is 4.23. The molecule has 1 aromatic rings. The largest absolute Gasteiger partial charge is 0.378 e. The molecule has 4 nitrogen and oxygen atoms in total. The van der Waals surface area contributed by atoms with Gasteiger partial charge in [0.05, 0.1) is 6.10 Å². The van der Waals surface area contributed by atoms with Gasteiger partial charge in [-0.25, -0.2) is 4.98 Å². The second kappa shape index (κ2) is 5.75. The Bertz CT molecular complexity index is 419. The molecule has 2 unspecified atom stereocenters. The molecule has 0 amide bonds. The molecule has 2 rings (SSSR count). The van der Waals surface area contributed by atoms with Crippen molar-refractivity contribution in [1.29, 1.82) is 0 Å². The van der Waals surface area contributed by atoms with Crippen LogP contribution in [0.4, 0.5) is 5.13 Å². The Balaban J connectivity index is 1.93. The van der Waals surface area contributed by atoms with Crippen molar-refractivity contribution in [1.82, 2.24) is 9.36 Å². The Morgan fingerprint density at radius 2 is 2.21 bits per heavy atom. The van der Waals surface area contributed by atoms with E-state index in [0.717, 1.165) is 30.4 Å². The first kappa shape index (κ1) is 14.7. The van der Waals surface area contributed by atoms with Gasteiger partial charge in [-0.2, -0.15) is 4.37 Å². The second-order valence-electron chi connectivity index (χ2n) is 6.02. The van der Waals surface area contributed by atoms with Gasteiger partial charge < -0.3 is 9.64 Å². The molecule has 0 spiro atoms. The highest BCUT2D eigenvalue weighted by atomic mass is 32.1. The first-order valence-corrected chi connectivity index (χ1v) is 7.89. The molecule has 0 N–H and O–H groups in total. The third-order valence-corrected chi connectivity index (χ3v) is 5.13. The standard InChI is InChI=1S/C14H25N3OS/c1-6-7-8-18-12-9-11(14(12,3)4)17(5)13-15-10(2)16-19-13/h11-12H,6-9H2,1-5H3. The van der Waals surface area contributed by atoms with Gasteiger partial charge in [-0.15, -0.1) is 0 Å². The molecule has 1 aromatic heterocycles. The highest BCUT2D eigenvalue weighted by Gasteiger charge is 2.51. The van der Waals surface area contributed by atoms with Crippen LogP contribution < -0.4 is 4.90 Å². The van der Waals surface area contributed by atoms with E-state index in [1.165, 1.54) is 18.0 Å². The molecule has 0 saturated heterocycles. The summed E-state index contributed by atoms with van der Waals surface area (Å²) in [5.41, 5.74) is 0.183. The number of aromatic nitrogens is 2. The van der Waals surface area contributed by atoms with E-state index in [1.54, 1.807) is 0 Å². The van der Waals surface area contributed by atoms with Crippen LogP contribution in [0, 0.1) is 12.3 Å². The SMILES string of the molecule is CCCCOC1CC(N(C)c2nc(C)ns2)C1(C)C. The molecule has 0 aromatic carbocycles. The van der Waals surface area contributed by atoms with Crippen LogP contribution in [0.15, 0.2) is 0 Å². The van der Waals surface area contributed by atoms with Gasteiger partial charge in [-0.05, 0) is 19.8 Å². The summed E-state index contributed by atoms with van der Waals surface area (Å²) in [5, 5.41) is 1.02. The first-order chi connectivity index (χ1) is 8.96. The van der Waals surface area contributed by atoms with Crippen LogP contribution in [0.25, 0.3) is 0 Å². The zero-order chi connectivity index (χ0) is 14.0. The summed E-state index contributed by atoms with van der Waals surface area (Å²) in [6.45, 7) is 9.61. The van der Waals surface area contributed by atoms with Crippen LogP contribution in [0.5, 0.6) is 0 Å². The predicted octanol–water partition coefficient (Wildman–Crippen LogP) is 3.27. The van der Waals surface area contributed by atoms with Crippen molar-refractivity contribution in [2.45, 2.75) is 59.1 Å². The molecule has 0 radical (unpaired) electrons. The number of rotatable bonds is 6. The number of nitrogens with zero attached hydrogens (tertiary/aromatic N) is 3. The molecule has 19 heavy (non-hydrogen) atoms. The number of ether oxygens (including phenoxy) is 1. The fourth-order valence-electron chi connectivity index (χ4n) is 2.74. The highest BCUT2D eigenvalue weighted by molar-refractivity contribution is 7.09. The Morgan fingerprint density at radius 1 is 1.47 bits per heavy atom. The molecule has 5 heteroatoms. The zero-order valence-electron chi connectivity index (χ0n) is 12.6. The lowest BCUT2D eigenvalue weighted by molar-refractivity contribution is -0.109. The molecule has 1 fully saturated rings.